The summed E-state index contributed by atoms with van der Waals surface area (Å²) >= 11 is 0. The summed E-state index contributed by atoms with van der Waals surface area (Å²) in [7, 11) is 0. The molecule has 1 aromatic carbocycles. The number of piperazine rings is 1. The summed E-state index contributed by atoms with van der Waals surface area (Å²) in [5.41, 5.74) is 2.01. The van der Waals surface area contributed by atoms with Crippen LogP contribution in [0.1, 0.15) is 5.69 Å². The maximum absolute atomic E-state index is 12.6. The van der Waals surface area contributed by atoms with Gasteiger partial charge in [-0.15, -0.1) is 5.10 Å². The summed E-state index contributed by atoms with van der Waals surface area (Å²) in [5.74, 6) is 0.223. The minimum atomic E-state index is -0.506. The van der Waals surface area contributed by atoms with Gasteiger partial charge in [0.2, 0.25) is 5.91 Å². The fraction of sp³-hybridized carbons (Fsp3) is 0.333. The van der Waals surface area contributed by atoms with Crippen LogP contribution in [0.5, 0.6) is 0 Å². The number of rotatable bonds is 3. The van der Waals surface area contributed by atoms with Crippen molar-refractivity contribution in [2.75, 3.05) is 31.1 Å². The van der Waals surface area contributed by atoms with E-state index in [0.717, 1.165) is 11.5 Å². The number of para-hydroxylation sites is 2. The Morgan fingerprint density at radius 3 is 2.58 bits per heavy atom. The van der Waals surface area contributed by atoms with Crippen molar-refractivity contribution in [3.8, 4) is 0 Å². The van der Waals surface area contributed by atoms with Crippen molar-refractivity contribution in [2.24, 2.45) is 0 Å². The Morgan fingerprint density at radius 2 is 1.85 bits per heavy atom. The van der Waals surface area contributed by atoms with Crippen LogP contribution in [-0.4, -0.2) is 51.8 Å². The monoisotopic (exact) mass is 353 g/mol. The van der Waals surface area contributed by atoms with Gasteiger partial charge in [-0.3, -0.25) is 9.36 Å². The van der Waals surface area contributed by atoms with Crippen molar-refractivity contribution in [3.05, 3.63) is 52.6 Å². The number of oxazole rings is 1. The number of aryl methyl sites for hydroxylation is 1. The van der Waals surface area contributed by atoms with Crippen LogP contribution in [0.3, 0.4) is 0 Å². The van der Waals surface area contributed by atoms with Crippen molar-refractivity contribution in [2.45, 2.75) is 13.5 Å². The third kappa shape index (κ3) is 3.05. The standard InChI is InChI=1S/C18H19N5O3/c1-13-6-7-16(20-19-13)21-8-10-22(11-9-21)17(24)12-23-14-4-2-3-5-15(14)26-18(23)25/h2-7H,8-12H2,1H3. The number of carbonyl (C=O) groups is 1. The molecule has 0 unspecified atom stereocenters. The van der Waals surface area contributed by atoms with Gasteiger partial charge in [0.25, 0.3) is 0 Å². The molecule has 2 aromatic heterocycles. The molecule has 0 atom stereocenters. The van der Waals surface area contributed by atoms with Gasteiger partial charge in [0.05, 0.1) is 11.2 Å². The highest BCUT2D eigenvalue weighted by molar-refractivity contribution is 5.79. The summed E-state index contributed by atoms with van der Waals surface area (Å²) in [6.07, 6.45) is 0. The van der Waals surface area contributed by atoms with E-state index in [1.165, 1.54) is 4.57 Å². The largest absolute Gasteiger partial charge is 0.420 e. The van der Waals surface area contributed by atoms with E-state index in [2.05, 4.69) is 15.1 Å². The van der Waals surface area contributed by atoms with Crippen LogP contribution < -0.4 is 10.7 Å². The van der Waals surface area contributed by atoms with Crippen LogP contribution >= 0.6 is 0 Å². The quantitative estimate of drug-likeness (QED) is 0.700. The first-order valence-corrected chi connectivity index (χ1v) is 8.53. The van der Waals surface area contributed by atoms with Gasteiger partial charge in [0.15, 0.2) is 11.4 Å². The van der Waals surface area contributed by atoms with Crippen molar-refractivity contribution in [1.82, 2.24) is 19.7 Å². The zero-order valence-electron chi connectivity index (χ0n) is 14.5. The van der Waals surface area contributed by atoms with E-state index in [9.17, 15) is 9.59 Å². The average molecular weight is 353 g/mol. The first kappa shape index (κ1) is 16.3. The molecule has 1 saturated heterocycles. The van der Waals surface area contributed by atoms with Crippen molar-refractivity contribution < 1.29 is 9.21 Å². The number of nitrogens with zero attached hydrogens (tertiary/aromatic N) is 5. The van der Waals surface area contributed by atoms with Gasteiger partial charge < -0.3 is 14.2 Å². The Hall–Kier alpha value is -3.16. The summed E-state index contributed by atoms with van der Waals surface area (Å²) < 4.78 is 6.57. The van der Waals surface area contributed by atoms with Gasteiger partial charge in [0, 0.05) is 26.2 Å². The van der Waals surface area contributed by atoms with Crippen molar-refractivity contribution in [3.63, 3.8) is 0 Å². The molecule has 0 saturated carbocycles. The van der Waals surface area contributed by atoms with E-state index in [1.807, 2.05) is 25.1 Å². The lowest BCUT2D eigenvalue weighted by Crippen LogP contribution is -2.50. The van der Waals surface area contributed by atoms with Gasteiger partial charge in [-0.2, -0.15) is 5.10 Å². The molecule has 0 spiro atoms. The molecule has 1 fully saturated rings. The van der Waals surface area contributed by atoms with Crippen LogP contribution in [0.25, 0.3) is 11.1 Å². The third-order valence-corrected chi connectivity index (χ3v) is 4.61. The summed E-state index contributed by atoms with van der Waals surface area (Å²) in [4.78, 5) is 28.5. The summed E-state index contributed by atoms with van der Waals surface area (Å²) in [6.45, 7) is 4.42. The Labute approximate surface area is 149 Å². The molecule has 4 rings (SSSR count). The molecule has 0 radical (unpaired) electrons. The molecule has 0 aliphatic carbocycles. The molecule has 134 valence electrons. The zero-order valence-corrected chi connectivity index (χ0v) is 14.5. The second-order valence-electron chi connectivity index (χ2n) is 6.32. The van der Waals surface area contributed by atoms with Crippen LogP contribution in [0.2, 0.25) is 0 Å². The summed E-state index contributed by atoms with van der Waals surface area (Å²) in [6, 6.07) is 11.0. The molecule has 8 nitrogen and oxygen atoms in total. The molecule has 3 aromatic rings. The van der Waals surface area contributed by atoms with Gasteiger partial charge in [0.1, 0.15) is 6.54 Å². The number of benzene rings is 1. The van der Waals surface area contributed by atoms with Gasteiger partial charge in [-0.05, 0) is 31.2 Å². The van der Waals surface area contributed by atoms with E-state index in [4.69, 9.17) is 4.42 Å². The predicted molar refractivity (Wildman–Crippen MR) is 96.0 cm³/mol. The molecular formula is C18H19N5O3. The highest BCUT2D eigenvalue weighted by Crippen LogP contribution is 2.15. The number of amides is 1. The molecule has 1 aliphatic rings. The average Bonchev–Trinajstić information content (AvgIpc) is 2.98. The van der Waals surface area contributed by atoms with Crippen molar-refractivity contribution in [1.29, 1.82) is 0 Å². The lowest BCUT2D eigenvalue weighted by Gasteiger charge is -2.35. The van der Waals surface area contributed by atoms with E-state index in [1.54, 1.807) is 23.1 Å². The van der Waals surface area contributed by atoms with Crippen LogP contribution in [0, 0.1) is 6.92 Å². The number of fused-ring (bicyclic) bond motifs is 1. The number of hydrogen-bond acceptors (Lipinski definition) is 6. The topological polar surface area (TPSA) is 84.5 Å². The summed E-state index contributed by atoms with van der Waals surface area (Å²) in [5, 5.41) is 8.27. The molecule has 1 amide bonds. The maximum atomic E-state index is 12.6. The zero-order chi connectivity index (χ0) is 18.1. The SMILES string of the molecule is Cc1ccc(N2CCN(C(=O)Cn3c(=O)oc4ccccc43)CC2)nn1. The van der Waals surface area contributed by atoms with E-state index >= 15 is 0 Å². The third-order valence-electron chi connectivity index (χ3n) is 4.61. The van der Waals surface area contributed by atoms with Gasteiger partial charge in [-0.1, -0.05) is 12.1 Å². The molecular weight excluding hydrogens is 334 g/mol. The second kappa shape index (κ2) is 6.62. The maximum Gasteiger partial charge on any atom is 0.420 e. The van der Waals surface area contributed by atoms with E-state index in [0.29, 0.717) is 37.3 Å². The normalized spacial score (nSPS) is 14.8. The van der Waals surface area contributed by atoms with Crippen LogP contribution in [-0.2, 0) is 11.3 Å². The first-order valence-electron chi connectivity index (χ1n) is 8.53. The number of aromatic nitrogens is 3. The smallest absolute Gasteiger partial charge is 0.408 e. The predicted octanol–water partition coefficient (Wildman–Crippen LogP) is 1.04. The highest BCUT2D eigenvalue weighted by atomic mass is 16.4. The minimum Gasteiger partial charge on any atom is -0.408 e. The van der Waals surface area contributed by atoms with Crippen molar-refractivity contribution >= 4 is 22.8 Å². The number of hydrogen-bond donors (Lipinski definition) is 0. The second-order valence-corrected chi connectivity index (χ2v) is 6.32. The Morgan fingerprint density at radius 1 is 1.08 bits per heavy atom. The Balaban J connectivity index is 1.43. The Kier molecular flexibility index (Phi) is 4.16. The van der Waals surface area contributed by atoms with E-state index < -0.39 is 5.76 Å². The molecule has 0 bridgehead atoms. The fourth-order valence-corrected chi connectivity index (χ4v) is 3.14. The fourth-order valence-electron chi connectivity index (χ4n) is 3.14. The molecule has 1 aliphatic heterocycles. The lowest BCUT2D eigenvalue weighted by atomic mass is 10.3. The number of anilines is 1. The highest BCUT2D eigenvalue weighted by Gasteiger charge is 2.23. The Bertz CT molecular complexity index is 984. The van der Waals surface area contributed by atoms with Crippen LogP contribution in [0.4, 0.5) is 5.82 Å². The first-order chi connectivity index (χ1) is 12.6. The van der Waals surface area contributed by atoms with E-state index in [-0.39, 0.29) is 12.5 Å². The van der Waals surface area contributed by atoms with Gasteiger partial charge >= 0.3 is 5.76 Å². The molecule has 0 N–H and O–H groups in total. The minimum absolute atomic E-state index is 0.0137. The van der Waals surface area contributed by atoms with Gasteiger partial charge in [-0.25, -0.2) is 4.79 Å². The van der Waals surface area contributed by atoms with Crippen LogP contribution in [0.15, 0.2) is 45.6 Å². The molecule has 26 heavy (non-hydrogen) atoms. The lowest BCUT2D eigenvalue weighted by molar-refractivity contribution is -0.132. The number of carbonyl (C=O) groups excluding carboxylic acids is 1. The molecule has 3 heterocycles. The molecule has 8 heteroatoms.